The van der Waals surface area contributed by atoms with Crippen LogP contribution in [0.15, 0.2) is 59.5 Å². The van der Waals surface area contributed by atoms with Crippen LogP contribution < -0.4 is 4.90 Å². The molecule has 0 spiro atoms. The Hall–Kier alpha value is -2.55. The molecule has 5 nitrogen and oxygen atoms in total. The molecule has 2 atom stereocenters. The van der Waals surface area contributed by atoms with Crippen LogP contribution in [0.1, 0.15) is 12.0 Å². The normalized spacial score (nSPS) is 20.6. The number of carbonyl (C=O) groups is 1. The zero-order chi connectivity index (χ0) is 19.8. The average Bonchev–Trinajstić information content (AvgIpc) is 3.08. The van der Waals surface area contributed by atoms with Crippen LogP contribution in [0.2, 0.25) is 0 Å². The lowest BCUT2D eigenvalue weighted by molar-refractivity contribution is -0.140. The van der Waals surface area contributed by atoms with Crippen LogP contribution in [0.25, 0.3) is 0 Å². The second-order valence-electron chi connectivity index (χ2n) is 6.24. The van der Waals surface area contributed by atoms with Gasteiger partial charge in [-0.25, -0.2) is 13.2 Å². The summed E-state index contributed by atoms with van der Waals surface area (Å²) in [6.07, 6.45) is -5.12. The molecular formula is C18H16F3NO4S. The van der Waals surface area contributed by atoms with Crippen LogP contribution >= 0.6 is 0 Å². The van der Waals surface area contributed by atoms with Gasteiger partial charge in [-0.3, -0.25) is 0 Å². The van der Waals surface area contributed by atoms with Crippen molar-refractivity contribution in [2.45, 2.75) is 28.8 Å². The molecule has 1 aliphatic heterocycles. The van der Waals surface area contributed by atoms with Gasteiger partial charge in [0.05, 0.1) is 15.7 Å². The number of benzene rings is 2. The molecule has 1 N–H and O–H groups in total. The molecule has 2 aromatic rings. The highest BCUT2D eigenvalue weighted by molar-refractivity contribution is 7.92. The quantitative estimate of drug-likeness (QED) is 0.855. The molecule has 1 aliphatic rings. The molecule has 3 rings (SSSR count). The number of para-hydroxylation sites is 1. The van der Waals surface area contributed by atoms with E-state index < -0.39 is 43.7 Å². The number of halogens is 3. The molecule has 144 valence electrons. The first-order valence-electron chi connectivity index (χ1n) is 8.07. The Labute approximate surface area is 154 Å². The van der Waals surface area contributed by atoms with Crippen LogP contribution in [0, 0.1) is 0 Å². The summed E-state index contributed by atoms with van der Waals surface area (Å²) in [5.74, 6) is -1.22. The van der Waals surface area contributed by atoms with E-state index in [0.29, 0.717) is 11.8 Å². The molecule has 0 amide bonds. The Morgan fingerprint density at radius 2 is 1.63 bits per heavy atom. The zero-order valence-electron chi connectivity index (χ0n) is 13.9. The number of aliphatic carboxylic acids is 1. The Morgan fingerprint density at radius 3 is 2.22 bits per heavy atom. The Kier molecular flexibility index (Phi) is 4.90. The van der Waals surface area contributed by atoms with Crippen molar-refractivity contribution in [3.05, 3.63) is 60.2 Å². The lowest BCUT2D eigenvalue weighted by atomic mass is 10.2. The standard InChI is InChI=1S/C18H16F3NO4S/c19-18(20,21)14-8-4-5-9-16(14)27(25,26)13-10-15(17(23)24)22(11-13)12-6-2-1-3-7-12/h1-9,13,15H,10-11H2,(H,23,24)/t13-,15+/m1/s1. The molecular weight excluding hydrogens is 383 g/mol. The van der Waals surface area contributed by atoms with E-state index in [1.54, 1.807) is 30.3 Å². The highest BCUT2D eigenvalue weighted by Crippen LogP contribution is 2.38. The summed E-state index contributed by atoms with van der Waals surface area (Å²) in [4.78, 5) is 12.2. The van der Waals surface area contributed by atoms with E-state index in [1.807, 2.05) is 0 Å². The van der Waals surface area contributed by atoms with Gasteiger partial charge in [-0.1, -0.05) is 30.3 Å². The summed E-state index contributed by atoms with van der Waals surface area (Å²) in [6, 6.07) is 11.2. The number of anilines is 1. The first-order valence-corrected chi connectivity index (χ1v) is 9.61. The van der Waals surface area contributed by atoms with E-state index in [0.717, 1.165) is 12.1 Å². The van der Waals surface area contributed by atoms with E-state index >= 15 is 0 Å². The van der Waals surface area contributed by atoms with Gasteiger partial charge in [-0.15, -0.1) is 0 Å². The fraction of sp³-hybridized carbons (Fsp3) is 0.278. The van der Waals surface area contributed by atoms with Gasteiger partial charge in [-0.05, 0) is 30.7 Å². The topological polar surface area (TPSA) is 74.7 Å². The summed E-state index contributed by atoms with van der Waals surface area (Å²) >= 11 is 0. The number of carboxylic acid groups (broad SMARTS) is 1. The van der Waals surface area contributed by atoms with Crippen LogP contribution in [0.3, 0.4) is 0 Å². The van der Waals surface area contributed by atoms with Crippen LogP contribution in [0.5, 0.6) is 0 Å². The molecule has 9 heteroatoms. The highest BCUT2D eigenvalue weighted by Gasteiger charge is 2.46. The van der Waals surface area contributed by atoms with Gasteiger partial charge in [-0.2, -0.15) is 13.2 Å². The van der Waals surface area contributed by atoms with Gasteiger partial charge in [0.1, 0.15) is 6.04 Å². The Morgan fingerprint density at radius 1 is 1.04 bits per heavy atom. The van der Waals surface area contributed by atoms with Crippen LogP contribution in [-0.4, -0.2) is 37.3 Å². The minimum Gasteiger partial charge on any atom is -0.480 e. The van der Waals surface area contributed by atoms with E-state index in [1.165, 1.54) is 11.0 Å². The molecule has 0 bridgehead atoms. The molecule has 0 aliphatic carbocycles. The van der Waals surface area contributed by atoms with E-state index in [-0.39, 0.29) is 13.0 Å². The number of hydrogen-bond acceptors (Lipinski definition) is 4. The smallest absolute Gasteiger partial charge is 0.417 e. The number of sulfone groups is 1. The van der Waals surface area contributed by atoms with Gasteiger partial charge in [0.25, 0.3) is 0 Å². The first-order chi connectivity index (χ1) is 12.6. The number of hydrogen-bond donors (Lipinski definition) is 1. The number of rotatable bonds is 4. The monoisotopic (exact) mass is 399 g/mol. The maximum absolute atomic E-state index is 13.2. The van der Waals surface area contributed by atoms with E-state index in [4.69, 9.17) is 0 Å². The molecule has 1 fully saturated rings. The average molecular weight is 399 g/mol. The van der Waals surface area contributed by atoms with E-state index in [9.17, 15) is 31.5 Å². The second-order valence-corrected chi connectivity index (χ2v) is 8.44. The summed E-state index contributed by atoms with van der Waals surface area (Å²) in [7, 11) is -4.38. The fourth-order valence-corrected chi connectivity index (χ4v) is 5.20. The molecule has 1 saturated heterocycles. The lowest BCUT2D eigenvalue weighted by Crippen LogP contribution is -2.36. The third-order valence-electron chi connectivity index (χ3n) is 4.57. The van der Waals surface area contributed by atoms with Crippen LogP contribution in [0.4, 0.5) is 18.9 Å². The van der Waals surface area contributed by atoms with Crippen molar-refractivity contribution in [1.29, 1.82) is 0 Å². The fourth-order valence-electron chi connectivity index (χ4n) is 3.29. The van der Waals surface area contributed by atoms with Crippen LogP contribution in [-0.2, 0) is 20.8 Å². The molecule has 0 saturated carbocycles. The summed E-state index contributed by atoms with van der Waals surface area (Å²) in [6.45, 7) is -0.199. The molecule has 1 heterocycles. The van der Waals surface area contributed by atoms with Crippen molar-refractivity contribution >= 4 is 21.5 Å². The summed E-state index contributed by atoms with van der Waals surface area (Å²) in [5, 5.41) is 8.20. The van der Waals surface area contributed by atoms with Crippen molar-refractivity contribution in [1.82, 2.24) is 0 Å². The van der Waals surface area contributed by atoms with Gasteiger partial charge in [0.2, 0.25) is 0 Å². The minimum atomic E-state index is -4.83. The third-order valence-corrected chi connectivity index (χ3v) is 6.76. The number of nitrogens with zero attached hydrogens (tertiary/aromatic N) is 1. The van der Waals surface area contributed by atoms with Crippen molar-refractivity contribution in [3.63, 3.8) is 0 Å². The highest BCUT2D eigenvalue weighted by atomic mass is 32.2. The van der Waals surface area contributed by atoms with Gasteiger partial charge in [0, 0.05) is 12.2 Å². The Bertz CT molecular complexity index is 945. The molecule has 2 aromatic carbocycles. The molecule has 0 unspecified atom stereocenters. The van der Waals surface area contributed by atoms with Crippen molar-refractivity contribution in [2.75, 3.05) is 11.4 Å². The Balaban J connectivity index is 2.01. The maximum Gasteiger partial charge on any atom is 0.417 e. The minimum absolute atomic E-state index is 0.199. The molecule has 0 aromatic heterocycles. The first kappa shape index (κ1) is 19.2. The third kappa shape index (κ3) is 3.64. The van der Waals surface area contributed by atoms with Gasteiger partial charge >= 0.3 is 12.1 Å². The maximum atomic E-state index is 13.2. The zero-order valence-corrected chi connectivity index (χ0v) is 14.7. The van der Waals surface area contributed by atoms with Gasteiger partial charge < -0.3 is 10.0 Å². The van der Waals surface area contributed by atoms with Crippen molar-refractivity contribution in [3.8, 4) is 0 Å². The predicted molar refractivity (Wildman–Crippen MR) is 92.2 cm³/mol. The van der Waals surface area contributed by atoms with Crippen molar-refractivity contribution < 1.29 is 31.5 Å². The summed E-state index contributed by atoms with van der Waals surface area (Å²) < 4.78 is 65.6. The summed E-state index contributed by atoms with van der Waals surface area (Å²) in [5.41, 5.74) is -0.734. The predicted octanol–water partition coefficient (Wildman–Crippen LogP) is 3.21. The second kappa shape index (κ2) is 6.88. The van der Waals surface area contributed by atoms with E-state index in [2.05, 4.69) is 0 Å². The van der Waals surface area contributed by atoms with Crippen molar-refractivity contribution in [2.24, 2.45) is 0 Å². The number of alkyl halides is 3. The number of carboxylic acids is 1. The SMILES string of the molecule is O=C(O)[C@@H]1C[C@@H](S(=O)(=O)c2ccccc2C(F)(F)F)CN1c1ccccc1. The molecule has 27 heavy (non-hydrogen) atoms. The largest absolute Gasteiger partial charge is 0.480 e. The molecule has 0 radical (unpaired) electrons. The lowest BCUT2D eigenvalue weighted by Gasteiger charge is -2.23. The van der Waals surface area contributed by atoms with Gasteiger partial charge in [0.15, 0.2) is 9.84 Å².